The first-order valence-corrected chi connectivity index (χ1v) is 25.0. The second-order valence-electron chi connectivity index (χ2n) is 16.8. The molecule has 64 heavy (non-hydrogen) atoms. The van der Waals surface area contributed by atoms with Gasteiger partial charge in [0.05, 0.1) is 16.0 Å². The van der Waals surface area contributed by atoms with Gasteiger partial charge in [0.1, 0.15) is 0 Å². The highest BCUT2D eigenvalue weighted by atomic mass is 32.2. The minimum Gasteiger partial charge on any atom is -0.354 e. The number of unbranched alkanes of at least 4 members (excludes halogenated alkanes) is 3. The Morgan fingerprint density at radius 2 is 0.812 bits per heavy atom. The molecule has 8 rings (SSSR count). The van der Waals surface area contributed by atoms with Crippen LogP contribution >= 0.6 is 23.5 Å². The normalized spacial score (nSPS) is 12.9. The highest BCUT2D eigenvalue weighted by Crippen LogP contribution is 2.49. The summed E-state index contributed by atoms with van der Waals surface area (Å²) in [5, 5.41) is 3.36. The minimum absolute atomic E-state index is 0.0874. The summed E-state index contributed by atoms with van der Waals surface area (Å²) in [6.45, 7) is 5.94. The Morgan fingerprint density at radius 3 is 1.22 bits per heavy atom. The average molecular weight is 880 g/mol. The van der Waals surface area contributed by atoms with E-state index >= 15 is 0 Å². The van der Waals surface area contributed by atoms with Crippen LogP contribution in [0.2, 0.25) is 0 Å². The van der Waals surface area contributed by atoms with Gasteiger partial charge < -0.3 is 5.32 Å². The summed E-state index contributed by atoms with van der Waals surface area (Å²) in [4.78, 5) is 19.0. The fourth-order valence-electron chi connectivity index (χ4n) is 9.37. The maximum absolute atomic E-state index is 14.0. The minimum atomic E-state index is -0.417. The van der Waals surface area contributed by atoms with Gasteiger partial charge in [0, 0.05) is 37.7 Å². The number of amides is 1. The Kier molecular flexibility index (Phi) is 16.3. The summed E-state index contributed by atoms with van der Waals surface area (Å²) in [6, 6.07) is 74.0. The number of thioether (sulfide) groups is 2. The first-order chi connectivity index (χ1) is 31.6. The lowest BCUT2D eigenvalue weighted by Crippen LogP contribution is -2.40. The zero-order valence-corrected chi connectivity index (χ0v) is 38.6. The first-order valence-electron chi connectivity index (χ1n) is 23.0. The van der Waals surface area contributed by atoms with Crippen LogP contribution in [0, 0.1) is 0 Å². The second-order valence-corrected chi connectivity index (χ2v) is 19.4. The molecule has 0 aliphatic carbocycles. The molecule has 326 valence electrons. The Balaban J connectivity index is 0.942. The van der Waals surface area contributed by atoms with Gasteiger partial charge in [0.15, 0.2) is 0 Å². The van der Waals surface area contributed by atoms with E-state index in [0.29, 0.717) is 13.1 Å². The molecule has 1 aliphatic rings. The molecule has 6 heteroatoms. The van der Waals surface area contributed by atoms with Crippen molar-refractivity contribution in [2.45, 2.75) is 48.3 Å². The van der Waals surface area contributed by atoms with Crippen molar-refractivity contribution in [1.29, 1.82) is 0 Å². The monoisotopic (exact) mass is 879 g/mol. The summed E-state index contributed by atoms with van der Waals surface area (Å²) < 4.78 is -0.813. The number of benzene rings is 7. The van der Waals surface area contributed by atoms with Gasteiger partial charge in [-0.15, -0.1) is 23.5 Å². The molecule has 1 aliphatic heterocycles. The van der Waals surface area contributed by atoms with Crippen molar-refractivity contribution in [3.63, 3.8) is 0 Å². The van der Waals surface area contributed by atoms with E-state index in [-0.39, 0.29) is 5.91 Å². The van der Waals surface area contributed by atoms with E-state index in [2.05, 4.69) is 221 Å². The molecule has 1 heterocycles. The number of nitrogens with one attached hydrogen (secondary N) is 1. The van der Waals surface area contributed by atoms with Crippen molar-refractivity contribution in [3.8, 4) is 0 Å². The molecule has 0 fully saturated rings. The van der Waals surface area contributed by atoms with Crippen LogP contribution in [0.4, 0.5) is 0 Å². The Labute approximate surface area is 390 Å². The van der Waals surface area contributed by atoms with Gasteiger partial charge in [0.25, 0.3) is 0 Å². The van der Waals surface area contributed by atoms with Crippen molar-refractivity contribution < 1.29 is 4.79 Å². The van der Waals surface area contributed by atoms with Gasteiger partial charge in [0.2, 0.25) is 5.91 Å². The van der Waals surface area contributed by atoms with Gasteiger partial charge in [-0.1, -0.05) is 219 Å². The maximum atomic E-state index is 14.0. The molecular formula is C58H61N3OS2. The number of rotatable bonds is 23. The number of carbonyl (C=O) groups is 1. The summed E-state index contributed by atoms with van der Waals surface area (Å²) >= 11 is 3.87. The van der Waals surface area contributed by atoms with Gasteiger partial charge in [-0.05, 0) is 70.4 Å². The zero-order chi connectivity index (χ0) is 43.7. The maximum Gasteiger partial charge on any atom is 0.234 e. The molecule has 0 aromatic heterocycles. The van der Waals surface area contributed by atoms with Gasteiger partial charge in [-0.3, -0.25) is 14.6 Å². The van der Waals surface area contributed by atoms with Crippen LogP contribution in [-0.2, 0) is 27.4 Å². The number of carbonyl (C=O) groups excluding carboxylic acids is 1. The first kappa shape index (κ1) is 45.2. The van der Waals surface area contributed by atoms with Crippen molar-refractivity contribution in [2.75, 3.05) is 44.2 Å². The molecule has 0 spiro atoms. The van der Waals surface area contributed by atoms with E-state index in [4.69, 9.17) is 0 Å². The van der Waals surface area contributed by atoms with Gasteiger partial charge >= 0.3 is 0 Å². The Hall–Kier alpha value is -5.37. The molecule has 4 nitrogen and oxygen atoms in total. The smallest absolute Gasteiger partial charge is 0.234 e. The molecule has 1 N–H and O–H groups in total. The fraction of sp³-hybridized carbons (Fsp3) is 0.259. The number of hydrogen-bond donors (Lipinski definition) is 1. The molecular weight excluding hydrogens is 819 g/mol. The number of nitrogens with zero attached hydrogens (tertiary/aromatic N) is 2. The predicted molar refractivity (Wildman–Crippen MR) is 272 cm³/mol. The average Bonchev–Trinajstić information content (AvgIpc) is 3.79. The van der Waals surface area contributed by atoms with Crippen LogP contribution in [0.3, 0.4) is 0 Å². The van der Waals surface area contributed by atoms with Crippen LogP contribution in [0.5, 0.6) is 0 Å². The predicted octanol–water partition coefficient (Wildman–Crippen LogP) is 12.4. The molecule has 0 atom stereocenters. The van der Waals surface area contributed by atoms with Crippen molar-refractivity contribution >= 4 is 29.4 Å². The van der Waals surface area contributed by atoms with Crippen molar-refractivity contribution in [3.05, 3.63) is 251 Å². The van der Waals surface area contributed by atoms with Crippen LogP contribution < -0.4 is 5.32 Å². The molecule has 1 amide bonds. The van der Waals surface area contributed by atoms with E-state index in [1.165, 1.54) is 57.3 Å². The van der Waals surface area contributed by atoms with Crippen molar-refractivity contribution in [2.24, 2.45) is 0 Å². The molecule has 7 aromatic rings. The van der Waals surface area contributed by atoms with Crippen LogP contribution in [0.15, 0.2) is 206 Å². The molecule has 0 bridgehead atoms. The van der Waals surface area contributed by atoms with Gasteiger partial charge in [-0.25, -0.2) is 0 Å². The summed E-state index contributed by atoms with van der Waals surface area (Å²) in [5.41, 5.74) is 10.4. The SMILES string of the molecule is O=C(CN(CCCCCCN1Cc2ccccc2C1)CCSC(c1ccccc1)(c1ccccc1)c1ccccc1)NCCSC(c1ccccc1)(c1ccccc1)c1ccccc1. The highest BCUT2D eigenvalue weighted by molar-refractivity contribution is 8.00. The molecule has 0 radical (unpaired) electrons. The lowest BCUT2D eigenvalue weighted by molar-refractivity contribution is -0.122. The standard InChI is InChI=1S/C58H61N3OS2/c62-56(59-39-43-63-57(50-27-9-3-10-28-50,51-29-11-4-12-30-51)52-31-13-5-14-32-52)47-60(40-23-1-2-24-41-61-45-48-25-21-22-26-49(48)46-61)42-44-64-58(53-33-15-6-16-34-53,54-35-17-7-18-36-54)55-37-19-8-20-38-55/h3-22,25-38H,1-2,23-24,39-47H2,(H,59,62). The van der Waals surface area contributed by atoms with E-state index in [9.17, 15) is 4.79 Å². The lowest BCUT2D eigenvalue weighted by atomic mass is 9.84. The number of fused-ring (bicyclic) bond motifs is 1. The van der Waals surface area contributed by atoms with E-state index < -0.39 is 9.49 Å². The van der Waals surface area contributed by atoms with Crippen molar-refractivity contribution in [1.82, 2.24) is 15.1 Å². The summed E-state index contributed by atoms with van der Waals surface area (Å²) in [5.74, 6) is 1.71. The summed E-state index contributed by atoms with van der Waals surface area (Å²) in [7, 11) is 0. The highest BCUT2D eigenvalue weighted by Gasteiger charge is 2.38. The third kappa shape index (κ3) is 11.1. The van der Waals surface area contributed by atoms with Gasteiger partial charge in [-0.2, -0.15) is 0 Å². The summed E-state index contributed by atoms with van der Waals surface area (Å²) in [6.07, 6.45) is 4.63. The van der Waals surface area contributed by atoms with Crippen LogP contribution in [0.1, 0.15) is 70.2 Å². The lowest BCUT2D eigenvalue weighted by Gasteiger charge is -2.36. The second kappa shape index (κ2) is 23.0. The third-order valence-corrected chi connectivity index (χ3v) is 15.6. The molecule has 0 unspecified atom stereocenters. The molecule has 0 saturated carbocycles. The molecule has 7 aromatic carbocycles. The third-order valence-electron chi connectivity index (χ3n) is 12.5. The largest absolute Gasteiger partial charge is 0.354 e. The topological polar surface area (TPSA) is 35.6 Å². The van der Waals surface area contributed by atoms with E-state index in [0.717, 1.165) is 57.1 Å². The zero-order valence-electron chi connectivity index (χ0n) is 36.9. The quantitative estimate of drug-likeness (QED) is 0.0512. The van der Waals surface area contributed by atoms with E-state index in [1.54, 1.807) is 0 Å². The Morgan fingerprint density at radius 1 is 0.453 bits per heavy atom. The van der Waals surface area contributed by atoms with Crippen LogP contribution in [-0.4, -0.2) is 59.9 Å². The molecule has 0 saturated heterocycles. The number of hydrogen-bond acceptors (Lipinski definition) is 5. The Bertz CT molecular complexity index is 2220. The van der Waals surface area contributed by atoms with Crippen LogP contribution in [0.25, 0.3) is 0 Å². The van der Waals surface area contributed by atoms with E-state index in [1.807, 2.05) is 23.5 Å². The fourth-order valence-corrected chi connectivity index (χ4v) is 12.4.